The summed E-state index contributed by atoms with van der Waals surface area (Å²) in [5.74, 6) is 1.07. The SMILES string of the molecule is CCOc1ccc(Nc2ccc(C(=O)NCc3ccc(Cl)cc3)nn2)cc1. The molecule has 3 aromatic rings. The first-order valence-corrected chi connectivity index (χ1v) is 8.88. The van der Waals surface area contributed by atoms with Gasteiger partial charge in [0.1, 0.15) is 5.75 Å². The van der Waals surface area contributed by atoms with Gasteiger partial charge < -0.3 is 15.4 Å². The summed E-state index contributed by atoms with van der Waals surface area (Å²) < 4.78 is 5.41. The topological polar surface area (TPSA) is 76.1 Å². The van der Waals surface area contributed by atoms with Crippen molar-refractivity contribution in [2.45, 2.75) is 13.5 Å². The molecule has 2 N–H and O–H groups in total. The second kappa shape index (κ2) is 9.00. The first-order chi connectivity index (χ1) is 13.1. The van der Waals surface area contributed by atoms with Crippen LogP contribution in [0.2, 0.25) is 5.02 Å². The number of aromatic nitrogens is 2. The van der Waals surface area contributed by atoms with Gasteiger partial charge in [0.2, 0.25) is 0 Å². The summed E-state index contributed by atoms with van der Waals surface area (Å²) in [6, 6.07) is 18.1. The summed E-state index contributed by atoms with van der Waals surface area (Å²) in [4.78, 5) is 12.2. The van der Waals surface area contributed by atoms with Crippen molar-refractivity contribution in [2.75, 3.05) is 11.9 Å². The van der Waals surface area contributed by atoms with Crippen LogP contribution < -0.4 is 15.4 Å². The third-order valence-electron chi connectivity index (χ3n) is 3.70. The minimum absolute atomic E-state index is 0.251. The second-order valence-electron chi connectivity index (χ2n) is 5.70. The van der Waals surface area contributed by atoms with Gasteiger partial charge in [0.05, 0.1) is 6.61 Å². The molecule has 0 bridgehead atoms. The number of rotatable bonds is 7. The maximum Gasteiger partial charge on any atom is 0.272 e. The highest BCUT2D eigenvalue weighted by molar-refractivity contribution is 6.30. The molecule has 0 unspecified atom stereocenters. The van der Waals surface area contributed by atoms with Gasteiger partial charge in [-0.1, -0.05) is 23.7 Å². The molecule has 0 atom stereocenters. The van der Waals surface area contributed by atoms with Gasteiger partial charge in [-0.15, -0.1) is 10.2 Å². The second-order valence-corrected chi connectivity index (χ2v) is 6.13. The zero-order valence-corrected chi connectivity index (χ0v) is 15.5. The highest BCUT2D eigenvalue weighted by atomic mass is 35.5. The Bertz CT molecular complexity index is 881. The van der Waals surface area contributed by atoms with E-state index in [0.29, 0.717) is 24.0 Å². The molecule has 0 saturated carbocycles. The molecule has 2 aromatic carbocycles. The minimum atomic E-state index is -0.287. The summed E-state index contributed by atoms with van der Waals surface area (Å²) in [7, 11) is 0. The molecule has 0 aliphatic carbocycles. The average Bonchev–Trinajstić information content (AvgIpc) is 2.70. The van der Waals surface area contributed by atoms with E-state index < -0.39 is 0 Å². The number of hydrogen-bond donors (Lipinski definition) is 2. The molecule has 27 heavy (non-hydrogen) atoms. The monoisotopic (exact) mass is 382 g/mol. The molecule has 1 amide bonds. The smallest absolute Gasteiger partial charge is 0.272 e. The first-order valence-electron chi connectivity index (χ1n) is 8.50. The third kappa shape index (κ3) is 5.43. The fourth-order valence-corrected chi connectivity index (χ4v) is 2.47. The van der Waals surface area contributed by atoms with Crippen LogP contribution in [0.15, 0.2) is 60.7 Å². The number of nitrogens with zero attached hydrogens (tertiary/aromatic N) is 2. The number of carbonyl (C=O) groups is 1. The maximum absolute atomic E-state index is 12.2. The van der Waals surface area contributed by atoms with Crippen molar-refractivity contribution in [1.29, 1.82) is 0 Å². The molecule has 0 fully saturated rings. The van der Waals surface area contributed by atoms with Gasteiger partial charge in [-0.3, -0.25) is 4.79 Å². The molecule has 1 aromatic heterocycles. The van der Waals surface area contributed by atoms with Gasteiger partial charge in [-0.05, 0) is 61.0 Å². The number of hydrogen-bond acceptors (Lipinski definition) is 5. The average molecular weight is 383 g/mol. The minimum Gasteiger partial charge on any atom is -0.494 e. The van der Waals surface area contributed by atoms with Crippen molar-refractivity contribution >= 4 is 29.0 Å². The highest BCUT2D eigenvalue weighted by Crippen LogP contribution is 2.18. The standard InChI is InChI=1S/C20H19ClN4O2/c1-2-27-17-9-7-16(8-10-17)23-19-12-11-18(24-25-19)20(26)22-13-14-3-5-15(21)6-4-14/h3-12H,2,13H2,1H3,(H,22,26)(H,23,25). The van der Waals surface area contributed by atoms with Crippen LogP contribution in [0.1, 0.15) is 23.0 Å². The quantitative estimate of drug-likeness (QED) is 0.640. The summed E-state index contributed by atoms with van der Waals surface area (Å²) in [5, 5.41) is 14.6. The third-order valence-corrected chi connectivity index (χ3v) is 3.95. The Morgan fingerprint density at radius 2 is 1.74 bits per heavy atom. The van der Waals surface area contributed by atoms with Crippen LogP contribution >= 0.6 is 11.6 Å². The van der Waals surface area contributed by atoms with E-state index in [1.54, 1.807) is 24.3 Å². The predicted molar refractivity (Wildman–Crippen MR) is 106 cm³/mol. The molecular formula is C20H19ClN4O2. The van der Waals surface area contributed by atoms with Crippen LogP contribution in [0.4, 0.5) is 11.5 Å². The van der Waals surface area contributed by atoms with Crippen LogP contribution in [-0.2, 0) is 6.54 Å². The Hall–Kier alpha value is -3.12. The van der Waals surface area contributed by atoms with Crippen molar-refractivity contribution in [1.82, 2.24) is 15.5 Å². The van der Waals surface area contributed by atoms with Gasteiger partial charge in [0, 0.05) is 17.3 Å². The van der Waals surface area contributed by atoms with E-state index in [0.717, 1.165) is 17.0 Å². The lowest BCUT2D eigenvalue weighted by molar-refractivity contribution is 0.0945. The van der Waals surface area contributed by atoms with Gasteiger partial charge >= 0.3 is 0 Å². The molecule has 0 aliphatic heterocycles. The van der Waals surface area contributed by atoms with E-state index in [1.807, 2.05) is 43.3 Å². The first kappa shape index (κ1) is 18.7. The number of carbonyl (C=O) groups excluding carboxylic acids is 1. The van der Waals surface area contributed by atoms with E-state index >= 15 is 0 Å². The predicted octanol–water partition coefficient (Wildman–Crippen LogP) is 4.20. The molecule has 1 heterocycles. The van der Waals surface area contributed by atoms with Crippen molar-refractivity contribution in [3.8, 4) is 5.75 Å². The fourth-order valence-electron chi connectivity index (χ4n) is 2.34. The molecule has 0 saturated heterocycles. The molecule has 138 valence electrons. The lowest BCUT2D eigenvalue weighted by Crippen LogP contribution is -2.24. The van der Waals surface area contributed by atoms with Crippen molar-refractivity contribution < 1.29 is 9.53 Å². The van der Waals surface area contributed by atoms with Crippen molar-refractivity contribution in [3.63, 3.8) is 0 Å². The lowest BCUT2D eigenvalue weighted by atomic mass is 10.2. The molecule has 6 nitrogen and oxygen atoms in total. The van der Waals surface area contributed by atoms with Crippen LogP contribution in [0, 0.1) is 0 Å². The van der Waals surface area contributed by atoms with E-state index in [1.165, 1.54) is 0 Å². The van der Waals surface area contributed by atoms with Crippen LogP contribution in [-0.4, -0.2) is 22.7 Å². The highest BCUT2D eigenvalue weighted by Gasteiger charge is 2.08. The number of halogens is 1. The lowest BCUT2D eigenvalue weighted by Gasteiger charge is -2.08. The number of nitrogens with one attached hydrogen (secondary N) is 2. The van der Waals surface area contributed by atoms with E-state index in [4.69, 9.17) is 16.3 Å². The molecule has 0 spiro atoms. The van der Waals surface area contributed by atoms with Crippen LogP contribution in [0.5, 0.6) is 5.75 Å². The van der Waals surface area contributed by atoms with E-state index in [9.17, 15) is 4.79 Å². The van der Waals surface area contributed by atoms with Gasteiger partial charge in [0.25, 0.3) is 5.91 Å². The van der Waals surface area contributed by atoms with Gasteiger partial charge in [0.15, 0.2) is 11.5 Å². The van der Waals surface area contributed by atoms with E-state index in [-0.39, 0.29) is 11.6 Å². The number of amides is 1. The molecule has 3 rings (SSSR count). The summed E-state index contributed by atoms with van der Waals surface area (Å²) in [6.07, 6.45) is 0. The Morgan fingerprint density at radius 1 is 1.00 bits per heavy atom. The summed E-state index contributed by atoms with van der Waals surface area (Å²) >= 11 is 5.85. The van der Waals surface area contributed by atoms with Crippen LogP contribution in [0.25, 0.3) is 0 Å². The number of benzene rings is 2. The Balaban J connectivity index is 1.55. The Kier molecular flexibility index (Phi) is 6.22. The Morgan fingerprint density at radius 3 is 2.37 bits per heavy atom. The molecule has 7 heteroatoms. The summed E-state index contributed by atoms with van der Waals surface area (Å²) in [5.41, 5.74) is 2.06. The zero-order chi connectivity index (χ0) is 19.1. The molecule has 0 aliphatic rings. The Labute approximate surface area is 162 Å². The fraction of sp³-hybridized carbons (Fsp3) is 0.150. The van der Waals surface area contributed by atoms with Crippen molar-refractivity contribution in [2.24, 2.45) is 0 Å². The van der Waals surface area contributed by atoms with Crippen molar-refractivity contribution in [3.05, 3.63) is 76.9 Å². The van der Waals surface area contributed by atoms with Gasteiger partial charge in [-0.25, -0.2) is 0 Å². The largest absolute Gasteiger partial charge is 0.494 e. The summed E-state index contributed by atoms with van der Waals surface area (Å²) in [6.45, 7) is 2.96. The van der Waals surface area contributed by atoms with Crippen LogP contribution in [0.3, 0.4) is 0 Å². The normalized spacial score (nSPS) is 10.3. The zero-order valence-electron chi connectivity index (χ0n) is 14.8. The van der Waals surface area contributed by atoms with Gasteiger partial charge in [-0.2, -0.15) is 0 Å². The maximum atomic E-state index is 12.2. The molecule has 0 radical (unpaired) electrons. The number of ether oxygens (including phenoxy) is 1. The number of anilines is 2. The van der Waals surface area contributed by atoms with E-state index in [2.05, 4.69) is 20.8 Å². The molecular weight excluding hydrogens is 364 g/mol.